The van der Waals surface area contributed by atoms with Crippen LogP contribution < -0.4 is 5.73 Å². The van der Waals surface area contributed by atoms with Crippen molar-refractivity contribution < 1.29 is 4.39 Å². The van der Waals surface area contributed by atoms with E-state index in [0.29, 0.717) is 11.0 Å². The van der Waals surface area contributed by atoms with E-state index >= 15 is 0 Å². The summed E-state index contributed by atoms with van der Waals surface area (Å²) in [6.45, 7) is 0.678. The van der Waals surface area contributed by atoms with Gasteiger partial charge in [0, 0.05) is 0 Å². The van der Waals surface area contributed by atoms with E-state index in [1.165, 1.54) is 6.42 Å². The molecule has 2 rings (SSSR count). The average molecular weight is 272 g/mol. The van der Waals surface area contributed by atoms with E-state index in [1.807, 2.05) is 6.07 Å². The molecule has 0 saturated heterocycles. The zero-order valence-corrected chi connectivity index (χ0v) is 10.2. The molecule has 3 heteroatoms. The Morgan fingerprint density at radius 2 is 2.13 bits per heavy atom. The van der Waals surface area contributed by atoms with E-state index < -0.39 is 0 Å². The van der Waals surface area contributed by atoms with Gasteiger partial charge >= 0.3 is 0 Å². The van der Waals surface area contributed by atoms with Gasteiger partial charge in [0.2, 0.25) is 0 Å². The second kappa shape index (κ2) is 4.22. The summed E-state index contributed by atoms with van der Waals surface area (Å²) in [7, 11) is 0. The Morgan fingerprint density at radius 3 is 2.60 bits per heavy atom. The highest BCUT2D eigenvalue weighted by Gasteiger charge is 2.37. The van der Waals surface area contributed by atoms with Crippen molar-refractivity contribution in [2.24, 2.45) is 5.73 Å². The van der Waals surface area contributed by atoms with E-state index in [0.717, 1.165) is 24.8 Å². The molecule has 2 N–H and O–H groups in total. The second-order valence-corrected chi connectivity index (χ2v) is 5.16. The van der Waals surface area contributed by atoms with Crippen LogP contribution in [-0.4, -0.2) is 6.54 Å². The van der Waals surface area contributed by atoms with E-state index in [2.05, 4.69) is 15.9 Å². The molecule has 0 aliphatic heterocycles. The van der Waals surface area contributed by atoms with Crippen molar-refractivity contribution >= 4 is 15.9 Å². The molecule has 1 aromatic rings. The Kier molecular flexibility index (Phi) is 3.12. The fourth-order valence-corrected chi connectivity index (χ4v) is 2.64. The molecular weight excluding hydrogens is 257 g/mol. The van der Waals surface area contributed by atoms with Gasteiger partial charge in [-0.2, -0.15) is 0 Å². The molecule has 0 bridgehead atoms. The third kappa shape index (κ3) is 1.95. The first-order valence-electron chi connectivity index (χ1n) is 5.33. The second-order valence-electron chi connectivity index (χ2n) is 4.30. The number of halogens is 2. The summed E-state index contributed by atoms with van der Waals surface area (Å²) in [5.41, 5.74) is 6.90. The average Bonchev–Trinajstić information content (AvgIpc) is 2.16. The molecule has 0 radical (unpaired) electrons. The molecule has 0 heterocycles. The predicted octanol–water partition coefficient (Wildman–Crippen LogP) is 3.36. The molecule has 0 amide bonds. The standard InChI is InChI=1S/C12H15BrFN/c13-10-3-2-9(8-11(10)14)12(6-7-15)4-1-5-12/h2-3,8H,1,4-7,15H2. The van der Waals surface area contributed by atoms with Crippen molar-refractivity contribution in [3.05, 3.63) is 34.1 Å². The van der Waals surface area contributed by atoms with Crippen LogP contribution in [0.5, 0.6) is 0 Å². The van der Waals surface area contributed by atoms with Gasteiger partial charge in [0.25, 0.3) is 0 Å². The van der Waals surface area contributed by atoms with Crippen molar-refractivity contribution in [3.8, 4) is 0 Å². The highest BCUT2D eigenvalue weighted by atomic mass is 79.9. The quantitative estimate of drug-likeness (QED) is 0.897. The van der Waals surface area contributed by atoms with Crippen LogP contribution in [0, 0.1) is 5.82 Å². The molecule has 1 fully saturated rings. The van der Waals surface area contributed by atoms with E-state index in [9.17, 15) is 4.39 Å². The van der Waals surface area contributed by atoms with E-state index in [1.54, 1.807) is 12.1 Å². The number of hydrogen-bond donors (Lipinski definition) is 1. The number of rotatable bonds is 3. The minimum absolute atomic E-state index is 0.163. The maximum absolute atomic E-state index is 13.4. The molecule has 1 aromatic carbocycles. The summed E-state index contributed by atoms with van der Waals surface area (Å²) in [6, 6.07) is 5.46. The van der Waals surface area contributed by atoms with Crippen LogP contribution in [0.15, 0.2) is 22.7 Å². The van der Waals surface area contributed by atoms with Crippen LogP contribution in [0.4, 0.5) is 4.39 Å². The third-order valence-electron chi connectivity index (χ3n) is 3.47. The van der Waals surface area contributed by atoms with Gasteiger partial charge in [-0.15, -0.1) is 0 Å². The topological polar surface area (TPSA) is 26.0 Å². The van der Waals surface area contributed by atoms with Crippen molar-refractivity contribution in [1.82, 2.24) is 0 Å². The normalized spacial score (nSPS) is 18.6. The van der Waals surface area contributed by atoms with Gasteiger partial charge in [-0.3, -0.25) is 0 Å². The Morgan fingerprint density at radius 1 is 1.40 bits per heavy atom. The largest absolute Gasteiger partial charge is 0.330 e. The first kappa shape index (κ1) is 11.1. The van der Waals surface area contributed by atoms with Gasteiger partial charge in [-0.1, -0.05) is 12.5 Å². The molecule has 82 valence electrons. The van der Waals surface area contributed by atoms with Gasteiger partial charge in [0.1, 0.15) is 5.82 Å². The zero-order chi connectivity index (χ0) is 10.9. The summed E-state index contributed by atoms with van der Waals surface area (Å²) >= 11 is 3.18. The number of nitrogens with two attached hydrogens (primary N) is 1. The molecule has 0 unspecified atom stereocenters. The lowest BCUT2D eigenvalue weighted by Crippen LogP contribution is -2.36. The molecule has 1 nitrogen and oxygen atoms in total. The van der Waals surface area contributed by atoms with Crippen LogP contribution in [0.1, 0.15) is 31.2 Å². The SMILES string of the molecule is NCCC1(c2ccc(Br)c(F)c2)CCC1. The Balaban J connectivity index is 2.30. The minimum Gasteiger partial charge on any atom is -0.330 e. The Hall–Kier alpha value is -0.410. The predicted molar refractivity (Wildman–Crippen MR) is 63.3 cm³/mol. The van der Waals surface area contributed by atoms with Gasteiger partial charge in [-0.05, 0) is 64.8 Å². The summed E-state index contributed by atoms with van der Waals surface area (Å²) < 4.78 is 14.0. The maximum Gasteiger partial charge on any atom is 0.137 e. The molecule has 0 aromatic heterocycles. The lowest BCUT2D eigenvalue weighted by atomic mass is 9.62. The van der Waals surface area contributed by atoms with E-state index in [4.69, 9.17) is 5.73 Å². The summed E-state index contributed by atoms with van der Waals surface area (Å²) in [4.78, 5) is 0. The van der Waals surface area contributed by atoms with Crippen LogP contribution in [0.25, 0.3) is 0 Å². The van der Waals surface area contributed by atoms with Crippen molar-refractivity contribution in [1.29, 1.82) is 0 Å². The number of hydrogen-bond acceptors (Lipinski definition) is 1. The molecule has 0 atom stereocenters. The zero-order valence-electron chi connectivity index (χ0n) is 8.60. The van der Waals surface area contributed by atoms with Gasteiger partial charge in [0.05, 0.1) is 4.47 Å². The minimum atomic E-state index is -0.171. The summed E-state index contributed by atoms with van der Waals surface area (Å²) in [5.74, 6) is -0.171. The van der Waals surface area contributed by atoms with Crippen LogP contribution >= 0.6 is 15.9 Å². The lowest BCUT2D eigenvalue weighted by molar-refractivity contribution is 0.228. The van der Waals surface area contributed by atoms with Crippen LogP contribution in [-0.2, 0) is 5.41 Å². The molecule has 1 saturated carbocycles. The molecule has 1 aliphatic rings. The van der Waals surface area contributed by atoms with Gasteiger partial charge in [0.15, 0.2) is 0 Å². The Labute approximate surface area is 98.0 Å². The van der Waals surface area contributed by atoms with Crippen molar-refractivity contribution in [2.75, 3.05) is 6.54 Å². The molecule has 15 heavy (non-hydrogen) atoms. The fourth-order valence-electron chi connectivity index (χ4n) is 2.39. The monoisotopic (exact) mass is 271 g/mol. The van der Waals surface area contributed by atoms with E-state index in [-0.39, 0.29) is 11.2 Å². The van der Waals surface area contributed by atoms with Crippen molar-refractivity contribution in [2.45, 2.75) is 31.1 Å². The fraction of sp³-hybridized carbons (Fsp3) is 0.500. The maximum atomic E-state index is 13.4. The molecular formula is C12H15BrFN. The van der Waals surface area contributed by atoms with Gasteiger partial charge < -0.3 is 5.73 Å². The lowest BCUT2D eigenvalue weighted by Gasteiger charge is -2.42. The first-order chi connectivity index (χ1) is 7.18. The summed E-state index contributed by atoms with van der Waals surface area (Å²) in [6.07, 6.45) is 4.49. The molecule has 1 aliphatic carbocycles. The van der Waals surface area contributed by atoms with Crippen LogP contribution in [0.3, 0.4) is 0 Å². The van der Waals surface area contributed by atoms with Crippen LogP contribution in [0.2, 0.25) is 0 Å². The highest BCUT2D eigenvalue weighted by molar-refractivity contribution is 9.10. The third-order valence-corrected chi connectivity index (χ3v) is 4.11. The highest BCUT2D eigenvalue weighted by Crippen LogP contribution is 2.46. The summed E-state index contributed by atoms with van der Waals surface area (Å²) in [5, 5.41) is 0. The smallest absolute Gasteiger partial charge is 0.137 e. The first-order valence-corrected chi connectivity index (χ1v) is 6.13. The number of benzene rings is 1. The Bertz CT molecular complexity index is 361. The van der Waals surface area contributed by atoms with Gasteiger partial charge in [-0.25, -0.2) is 4.39 Å². The van der Waals surface area contributed by atoms with Crippen molar-refractivity contribution in [3.63, 3.8) is 0 Å². The molecule has 0 spiro atoms.